The standard InChI is InChI=1S/C23H22F2O/c1-26-21-14-13-20(23(25)16-21)12-11-17-7-9-18(10-8-17)15-22(24)19-5-3-2-4-6-19/h2-10,13-14,16,22H,11-12,15H2,1H3/t22-/m0/s1. The number of rotatable bonds is 7. The summed E-state index contributed by atoms with van der Waals surface area (Å²) >= 11 is 0. The lowest BCUT2D eigenvalue weighted by Gasteiger charge is -2.10. The number of ether oxygens (including phenoxy) is 1. The van der Waals surface area contributed by atoms with Gasteiger partial charge in [-0.2, -0.15) is 0 Å². The molecule has 0 bridgehead atoms. The van der Waals surface area contributed by atoms with Gasteiger partial charge in [-0.05, 0) is 41.2 Å². The summed E-state index contributed by atoms with van der Waals surface area (Å²) in [7, 11) is 1.52. The van der Waals surface area contributed by atoms with Crippen LogP contribution >= 0.6 is 0 Å². The van der Waals surface area contributed by atoms with E-state index in [1.54, 1.807) is 12.1 Å². The van der Waals surface area contributed by atoms with Crippen LogP contribution < -0.4 is 4.74 Å². The molecule has 0 unspecified atom stereocenters. The van der Waals surface area contributed by atoms with Crippen molar-refractivity contribution in [2.24, 2.45) is 0 Å². The zero-order chi connectivity index (χ0) is 18.4. The predicted octanol–water partition coefficient (Wildman–Crippen LogP) is 5.87. The predicted molar refractivity (Wildman–Crippen MR) is 101 cm³/mol. The zero-order valence-corrected chi connectivity index (χ0v) is 14.8. The van der Waals surface area contributed by atoms with E-state index in [0.717, 1.165) is 17.5 Å². The highest BCUT2D eigenvalue weighted by Gasteiger charge is 2.10. The van der Waals surface area contributed by atoms with E-state index in [9.17, 15) is 8.78 Å². The van der Waals surface area contributed by atoms with Crippen LogP contribution in [0.2, 0.25) is 0 Å². The highest BCUT2D eigenvalue weighted by atomic mass is 19.1. The molecule has 1 atom stereocenters. The highest BCUT2D eigenvalue weighted by Crippen LogP contribution is 2.23. The molecule has 3 aromatic carbocycles. The summed E-state index contributed by atoms with van der Waals surface area (Å²) < 4.78 is 33.4. The van der Waals surface area contributed by atoms with Gasteiger partial charge in [0.15, 0.2) is 0 Å². The average Bonchev–Trinajstić information content (AvgIpc) is 2.68. The Balaban J connectivity index is 1.58. The van der Waals surface area contributed by atoms with Gasteiger partial charge in [-0.15, -0.1) is 0 Å². The Bertz CT molecular complexity index is 829. The lowest BCUT2D eigenvalue weighted by atomic mass is 9.99. The normalized spacial score (nSPS) is 12.0. The first-order valence-electron chi connectivity index (χ1n) is 8.75. The molecule has 1 nitrogen and oxygen atoms in total. The molecule has 0 radical (unpaired) electrons. The minimum absolute atomic E-state index is 0.246. The lowest BCUT2D eigenvalue weighted by Crippen LogP contribution is -1.98. The van der Waals surface area contributed by atoms with Crippen molar-refractivity contribution in [3.63, 3.8) is 0 Å². The maximum absolute atomic E-state index is 14.3. The van der Waals surface area contributed by atoms with Crippen molar-refractivity contribution >= 4 is 0 Å². The Kier molecular flexibility index (Phi) is 6.00. The van der Waals surface area contributed by atoms with E-state index in [1.807, 2.05) is 54.6 Å². The maximum Gasteiger partial charge on any atom is 0.130 e. The van der Waals surface area contributed by atoms with Crippen LogP contribution in [0.4, 0.5) is 8.78 Å². The molecular formula is C23H22F2O. The second-order valence-electron chi connectivity index (χ2n) is 6.36. The van der Waals surface area contributed by atoms with Crippen LogP contribution in [0.3, 0.4) is 0 Å². The van der Waals surface area contributed by atoms with Crippen molar-refractivity contribution in [3.05, 3.63) is 101 Å². The number of methoxy groups -OCH3 is 1. The Hall–Kier alpha value is -2.68. The Morgan fingerprint density at radius 2 is 1.54 bits per heavy atom. The summed E-state index contributed by atoms with van der Waals surface area (Å²) in [5, 5.41) is 0. The van der Waals surface area contributed by atoms with E-state index >= 15 is 0 Å². The lowest BCUT2D eigenvalue weighted by molar-refractivity contribution is 0.342. The molecule has 26 heavy (non-hydrogen) atoms. The molecule has 0 amide bonds. The van der Waals surface area contributed by atoms with E-state index in [-0.39, 0.29) is 5.82 Å². The Labute approximate surface area is 153 Å². The van der Waals surface area contributed by atoms with Gasteiger partial charge in [0.1, 0.15) is 17.7 Å². The molecule has 3 rings (SSSR count). The SMILES string of the molecule is COc1ccc(CCc2ccc(C[C@H](F)c3ccccc3)cc2)c(F)c1. The minimum atomic E-state index is -1.00. The topological polar surface area (TPSA) is 9.23 Å². The fraction of sp³-hybridized carbons (Fsp3) is 0.217. The number of alkyl halides is 1. The minimum Gasteiger partial charge on any atom is -0.497 e. The van der Waals surface area contributed by atoms with Crippen molar-refractivity contribution < 1.29 is 13.5 Å². The van der Waals surface area contributed by atoms with E-state index in [1.165, 1.54) is 13.2 Å². The van der Waals surface area contributed by atoms with Gasteiger partial charge in [0.25, 0.3) is 0 Å². The number of aryl methyl sites for hydroxylation is 2. The van der Waals surface area contributed by atoms with E-state index in [0.29, 0.717) is 29.7 Å². The van der Waals surface area contributed by atoms with Crippen molar-refractivity contribution in [1.82, 2.24) is 0 Å². The van der Waals surface area contributed by atoms with Crippen molar-refractivity contribution in [3.8, 4) is 5.75 Å². The van der Waals surface area contributed by atoms with Crippen molar-refractivity contribution in [2.45, 2.75) is 25.4 Å². The second-order valence-corrected chi connectivity index (χ2v) is 6.36. The molecule has 0 saturated heterocycles. The number of halogens is 2. The number of benzene rings is 3. The van der Waals surface area contributed by atoms with Gasteiger partial charge in [-0.1, -0.05) is 60.7 Å². The van der Waals surface area contributed by atoms with Crippen LogP contribution in [0.5, 0.6) is 5.75 Å². The Morgan fingerprint density at radius 1 is 0.846 bits per heavy atom. The fourth-order valence-corrected chi connectivity index (χ4v) is 2.97. The van der Waals surface area contributed by atoms with Gasteiger partial charge < -0.3 is 4.74 Å². The van der Waals surface area contributed by atoms with Gasteiger partial charge in [0, 0.05) is 12.5 Å². The number of hydrogen-bond donors (Lipinski definition) is 0. The first-order valence-corrected chi connectivity index (χ1v) is 8.75. The van der Waals surface area contributed by atoms with Crippen LogP contribution in [0.15, 0.2) is 72.8 Å². The van der Waals surface area contributed by atoms with Gasteiger partial charge in [-0.3, -0.25) is 0 Å². The zero-order valence-electron chi connectivity index (χ0n) is 14.8. The molecule has 0 fully saturated rings. The summed E-state index contributed by atoms with van der Waals surface area (Å²) in [6.45, 7) is 0. The first-order chi connectivity index (χ1) is 12.7. The quantitative estimate of drug-likeness (QED) is 0.516. The molecule has 0 saturated carbocycles. The third-order valence-corrected chi connectivity index (χ3v) is 4.54. The number of hydrogen-bond acceptors (Lipinski definition) is 1. The fourth-order valence-electron chi connectivity index (χ4n) is 2.97. The molecule has 0 spiro atoms. The Morgan fingerprint density at radius 3 is 2.19 bits per heavy atom. The molecule has 0 aliphatic heterocycles. The van der Waals surface area contributed by atoms with Gasteiger partial charge in [-0.25, -0.2) is 8.78 Å². The molecule has 3 aromatic rings. The van der Waals surface area contributed by atoms with Crippen molar-refractivity contribution in [2.75, 3.05) is 7.11 Å². The molecule has 134 valence electrons. The maximum atomic E-state index is 14.3. The average molecular weight is 352 g/mol. The monoisotopic (exact) mass is 352 g/mol. The van der Waals surface area contributed by atoms with Gasteiger partial charge >= 0.3 is 0 Å². The van der Waals surface area contributed by atoms with Crippen molar-refractivity contribution in [1.29, 1.82) is 0 Å². The van der Waals surface area contributed by atoms with E-state index in [2.05, 4.69) is 0 Å². The van der Waals surface area contributed by atoms with E-state index < -0.39 is 6.17 Å². The van der Waals surface area contributed by atoms with Crippen LogP contribution in [0, 0.1) is 5.82 Å². The molecule has 0 N–H and O–H groups in total. The first kappa shape index (κ1) is 18.1. The van der Waals surface area contributed by atoms with Crippen LogP contribution in [0.25, 0.3) is 0 Å². The second kappa shape index (κ2) is 8.61. The third kappa shape index (κ3) is 4.69. The van der Waals surface area contributed by atoms with Crippen LogP contribution in [0.1, 0.15) is 28.4 Å². The molecule has 3 heteroatoms. The molecular weight excluding hydrogens is 330 g/mol. The molecule has 0 heterocycles. The van der Waals surface area contributed by atoms with Crippen LogP contribution in [-0.2, 0) is 19.3 Å². The summed E-state index contributed by atoms with van der Waals surface area (Å²) in [6.07, 6.45) is 0.708. The van der Waals surface area contributed by atoms with Crippen LogP contribution in [-0.4, -0.2) is 7.11 Å². The highest BCUT2D eigenvalue weighted by molar-refractivity contribution is 5.31. The smallest absolute Gasteiger partial charge is 0.130 e. The summed E-state index contributed by atoms with van der Waals surface area (Å²) in [5.41, 5.74) is 3.44. The largest absolute Gasteiger partial charge is 0.497 e. The summed E-state index contributed by atoms with van der Waals surface area (Å²) in [5.74, 6) is 0.277. The summed E-state index contributed by atoms with van der Waals surface area (Å²) in [4.78, 5) is 0. The summed E-state index contributed by atoms with van der Waals surface area (Å²) in [6, 6.07) is 22.0. The molecule has 0 aliphatic carbocycles. The van der Waals surface area contributed by atoms with Gasteiger partial charge in [0.05, 0.1) is 7.11 Å². The van der Waals surface area contributed by atoms with E-state index in [4.69, 9.17) is 4.74 Å². The molecule has 0 aromatic heterocycles. The molecule has 0 aliphatic rings. The van der Waals surface area contributed by atoms with Gasteiger partial charge in [0.2, 0.25) is 0 Å². The third-order valence-electron chi connectivity index (χ3n) is 4.54.